The quantitative estimate of drug-likeness (QED) is 0.152. The van der Waals surface area contributed by atoms with Crippen LogP contribution in [0.25, 0.3) is 72.0 Å². The smallest absolute Gasteiger partial charge is 0.0561 e. The van der Waals surface area contributed by atoms with Crippen molar-refractivity contribution in [3.05, 3.63) is 231 Å². The molecule has 10 aromatic rings. The van der Waals surface area contributed by atoms with Crippen LogP contribution in [-0.2, 0) is 0 Å². The summed E-state index contributed by atoms with van der Waals surface area (Å²) in [5.41, 5.74) is 16.3. The van der Waals surface area contributed by atoms with Crippen LogP contribution >= 0.6 is 0 Å². The molecule has 0 atom stereocenters. The van der Waals surface area contributed by atoms with Crippen LogP contribution in [0, 0.1) is 0 Å². The Labute approximate surface area is 327 Å². The van der Waals surface area contributed by atoms with Gasteiger partial charge in [-0.2, -0.15) is 0 Å². The van der Waals surface area contributed by atoms with E-state index in [-0.39, 0.29) is 0 Å². The number of para-hydroxylation sites is 3. The molecule has 0 radical (unpaired) electrons. The Balaban J connectivity index is 1.18. The molecular formula is C54H38N2. The highest BCUT2D eigenvalue weighted by Gasteiger charge is 2.20. The van der Waals surface area contributed by atoms with E-state index in [1.54, 1.807) is 0 Å². The summed E-state index contributed by atoms with van der Waals surface area (Å²) in [5, 5.41) is 2.44. The standard InChI is InChI=1S/C54H38N2/c1-5-17-39(18-6-1)40-29-31-43(32-30-40)51-37-45(33-35-47(51)41-19-7-2-8-20-41)56-53-28-16-14-26-49(53)50-36-34-46(38-54(50)56)55(44-23-11-4-12-24-44)52-27-15-13-25-48(52)42-21-9-3-10-22-42/h1-38H. The fourth-order valence-corrected chi connectivity index (χ4v) is 8.16. The van der Waals surface area contributed by atoms with E-state index in [2.05, 4.69) is 240 Å². The van der Waals surface area contributed by atoms with E-state index >= 15 is 0 Å². The van der Waals surface area contributed by atoms with Crippen molar-refractivity contribution in [1.82, 2.24) is 4.57 Å². The highest BCUT2D eigenvalue weighted by atomic mass is 15.1. The fraction of sp³-hybridized carbons (Fsp3) is 0. The monoisotopic (exact) mass is 714 g/mol. The summed E-state index contributed by atoms with van der Waals surface area (Å²) in [6, 6.07) is 83.1. The van der Waals surface area contributed by atoms with Crippen LogP contribution in [-0.4, -0.2) is 4.57 Å². The lowest BCUT2D eigenvalue weighted by atomic mass is 9.92. The van der Waals surface area contributed by atoms with Crippen LogP contribution in [0.15, 0.2) is 231 Å². The van der Waals surface area contributed by atoms with Crippen molar-refractivity contribution in [3.63, 3.8) is 0 Å². The van der Waals surface area contributed by atoms with E-state index in [1.807, 2.05) is 0 Å². The SMILES string of the molecule is c1ccc(-c2ccc(-c3cc(-n4c5ccccc5c5ccc(N(c6ccccc6)c6ccccc6-c6ccccc6)cc54)ccc3-c3ccccc3)cc2)cc1. The van der Waals surface area contributed by atoms with Gasteiger partial charge in [0.25, 0.3) is 0 Å². The van der Waals surface area contributed by atoms with Crippen molar-refractivity contribution >= 4 is 38.9 Å². The second-order valence-electron chi connectivity index (χ2n) is 14.1. The number of anilines is 3. The minimum Gasteiger partial charge on any atom is -0.310 e. The van der Waals surface area contributed by atoms with Gasteiger partial charge in [0.1, 0.15) is 0 Å². The van der Waals surface area contributed by atoms with Gasteiger partial charge in [0.15, 0.2) is 0 Å². The van der Waals surface area contributed by atoms with E-state index in [0.717, 1.165) is 28.3 Å². The third-order valence-electron chi connectivity index (χ3n) is 10.8. The lowest BCUT2D eigenvalue weighted by Crippen LogP contribution is -2.11. The molecule has 1 aromatic heterocycles. The molecule has 0 saturated heterocycles. The Morgan fingerprint density at radius 3 is 1.52 bits per heavy atom. The summed E-state index contributed by atoms with van der Waals surface area (Å²) in [6.07, 6.45) is 0. The first kappa shape index (κ1) is 33.2. The molecule has 0 N–H and O–H groups in total. The molecule has 0 amide bonds. The number of hydrogen-bond donors (Lipinski definition) is 0. The van der Waals surface area contributed by atoms with Crippen molar-refractivity contribution in [1.29, 1.82) is 0 Å². The maximum absolute atomic E-state index is 2.44. The van der Waals surface area contributed by atoms with Crippen molar-refractivity contribution in [2.75, 3.05) is 4.90 Å². The van der Waals surface area contributed by atoms with E-state index in [9.17, 15) is 0 Å². The average Bonchev–Trinajstić information content (AvgIpc) is 3.61. The zero-order valence-corrected chi connectivity index (χ0v) is 30.8. The average molecular weight is 715 g/mol. The summed E-state index contributed by atoms with van der Waals surface area (Å²) in [7, 11) is 0. The molecule has 0 aliphatic rings. The summed E-state index contributed by atoms with van der Waals surface area (Å²) >= 11 is 0. The van der Waals surface area contributed by atoms with Gasteiger partial charge in [0.05, 0.1) is 16.7 Å². The largest absolute Gasteiger partial charge is 0.310 e. The Bertz CT molecular complexity index is 2930. The minimum atomic E-state index is 1.09. The van der Waals surface area contributed by atoms with Gasteiger partial charge in [0.2, 0.25) is 0 Å². The lowest BCUT2D eigenvalue weighted by molar-refractivity contribution is 1.18. The zero-order valence-electron chi connectivity index (χ0n) is 30.8. The van der Waals surface area contributed by atoms with Gasteiger partial charge in [-0.1, -0.05) is 182 Å². The van der Waals surface area contributed by atoms with E-state index in [1.165, 1.54) is 60.8 Å². The molecule has 2 nitrogen and oxygen atoms in total. The van der Waals surface area contributed by atoms with Crippen molar-refractivity contribution in [2.24, 2.45) is 0 Å². The molecule has 0 saturated carbocycles. The summed E-state index contributed by atoms with van der Waals surface area (Å²) < 4.78 is 2.44. The van der Waals surface area contributed by atoms with Gasteiger partial charge in [-0.25, -0.2) is 0 Å². The summed E-state index contributed by atoms with van der Waals surface area (Å²) in [4.78, 5) is 2.39. The van der Waals surface area contributed by atoms with Gasteiger partial charge >= 0.3 is 0 Å². The Morgan fingerprint density at radius 2 is 0.804 bits per heavy atom. The zero-order chi connectivity index (χ0) is 37.3. The van der Waals surface area contributed by atoms with Crippen molar-refractivity contribution in [2.45, 2.75) is 0 Å². The van der Waals surface area contributed by atoms with Gasteiger partial charge < -0.3 is 9.47 Å². The van der Waals surface area contributed by atoms with Crippen LogP contribution in [0.5, 0.6) is 0 Å². The second-order valence-corrected chi connectivity index (χ2v) is 14.1. The number of aromatic nitrogens is 1. The number of hydrogen-bond acceptors (Lipinski definition) is 1. The van der Waals surface area contributed by atoms with Gasteiger partial charge in [-0.05, 0) is 87.5 Å². The molecule has 9 aromatic carbocycles. The first-order valence-electron chi connectivity index (χ1n) is 19.2. The maximum atomic E-state index is 2.44. The number of fused-ring (bicyclic) bond motifs is 3. The third kappa shape index (κ3) is 6.04. The molecule has 0 spiro atoms. The van der Waals surface area contributed by atoms with E-state index in [4.69, 9.17) is 0 Å². The highest BCUT2D eigenvalue weighted by Crippen LogP contribution is 2.44. The first-order chi connectivity index (χ1) is 27.8. The van der Waals surface area contributed by atoms with Crippen LogP contribution in [0.3, 0.4) is 0 Å². The third-order valence-corrected chi connectivity index (χ3v) is 10.8. The van der Waals surface area contributed by atoms with Crippen LogP contribution in [0.1, 0.15) is 0 Å². The molecular weight excluding hydrogens is 677 g/mol. The number of benzene rings is 9. The lowest BCUT2D eigenvalue weighted by Gasteiger charge is -2.28. The summed E-state index contributed by atoms with van der Waals surface area (Å²) in [5.74, 6) is 0. The molecule has 0 aliphatic heterocycles. The first-order valence-corrected chi connectivity index (χ1v) is 19.2. The van der Waals surface area contributed by atoms with Crippen molar-refractivity contribution < 1.29 is 0 Å². The molecule has 0 bridgehead atoms. The fourth-order valence-electron chi connectivity index (χ4n) is 8.16. The summed E-state index contributed by atoms with van der Waals surface area (Å²) in [6.45, 7) is 0. The molecule has 10 rings (SSSR count). The predicted molar refractivity (Wildman–Crippen MR) is 237 cm³/mol. The maximum Gasteiger partial charge on any atom is 0.0561 e. The molecule has 0 fully saturated rings. The molecule has 2 heteroatoms. The number of nitrogens with zero attached hydrogens (tertiary/aromatic N) is 2. The normalized spacial score (nSPS) is 11.2. The minimum absolute atomic E-state index is 1.09. The molecule has 1 heterocycles. The second kappa shape index (κ2) is 14.4. The molecule has 0 aliphatic carbocycles. The van der Waals surface area contributed by atoms with Gasteiger partial charge in [-0.15, -0.1) is 0 Å². The highest BCUT2D eigenvalue weighted by molar-refractivity contribution is 6.10. The molecule has 56 heavy (non-hydrogen) atoms. The van der Waals surface area contributed by atoms with Gasteiger partial charge in [0, 0.05) is 33.4 Å². The van der Waals surface area contributed by atoms with Crippen molar-refractivity contribution in [3.8, 4) is 50.2 Å². The van der Waals surface area contributed by atoms with Crippen LogP contribution < -0.4 is 4.90 Å². The van der Waals surface area contributed by atoms with E-state index < -0.39 is 0 Å². The molecule has 0 unspecified atom stereocenters. The predicted octanol–water partition coefficient (Wildman–Crippen LogP) is 14.9. The van der Waals surface area contributed by atoms with Crippen LogP contribution in [0.2, 0.25) is 0 Å². The number of rotatable bonds is 8. The Morgan fingerprint density at radius 1 is 0.286 bits per heavy atom. The molecule has 264 valence electrons. The van der Waals surface area contributed by atoms with Gasteiger partial charge in [-0.3, -0.25) is 0 Å². The topological polar surface area (TPSA) is 8.17 Å². The van der Waals surface area contributed by atoms with E-state index in [0.29, 0.717) is 0 Å². The van der Waals surface area contributed by atoms with Crippen LogP contribution in [0.4, 0.5) is 17.1 Å². The Kier molecular flexibility index (Phi) is 8.55. The Hall–Kier alpha value is -7.42.